The minimum Gasteiger partial charge on any atom is -0.264 e. The lowest BCUT2D eigenvalue weighted by Gasteiger charge is -2.18. The monoisotopic (exact) mass is 395 g/mol. The van der Waals surface area contributed by atoms with E-state index >= 15 is 0 Å². The molecule has 0 amide bonds. The number of nitrogens with zero attached hydrogens (tertiary/aromatic N) is 2. The van der Waals surface area contributed by atoms with Gasteiger partial charge in [0.2, 0.25) is 5.69 Å². The first-order valence-electron chi connectivity index (χ1n) is 10.8. The van der Waals surface area contributed by atoms with Crippen molar-refractivity contribution in [1.82, 2.24) is 4.98 Å². The van der Waals surface area contributed by atoms with Crippen molar-refractivity contribution in [2.24, 2.45) is 7.05 Å². The molecule has 30 heavy (non-hydrogen) atoms. The lowest BCUT2D eigenvalue weighted by atomic mass is 9.86. The molecule has 0 unspecified atom stereocenters. The largest absolute Gasteiger partial charge is 0.264 e. The summed E-state index contributed by atoms with van der Waals surface area (Å²) in [7, 11) is 2.15. The van der Waals surface area contributed by atoms with Crippen molar-refractivity contribution in [3.63, 3.8) is 0 Å². The Bertz CT molecular complexity index is 1200. The van der Waals surface area contributed by atoms with Crippen LogP contribution >= 0.6 is 0 Å². The van der Waals surface area contributed by atoms with Crippen LogP contribution in [0.3, 0.4) is 0 Å². The second-order valence-corrected chi connectivity index (χ2v) is 8.91. The fourth-order valence-corrected chi connectivity index (χ4v) is 4.36. The number of benzene rings is 2. The molecule has 2 aromatic heterocycles. The molecular weight excluding hydrogens is 364 g/mol. The van der Waals surface area contributed by atoms with Crippen molar-refractivity contribution < 1.29 is 4.57 Å². The van der Waals surface area contributed by atoms with Crippen molar-refractivity contribution in [2.45, 2.75) is 46.5 Å². The number of aromatic nitrogens is 2. The van der Waals surface area contributed by atoms with Gasteiger partial charge in [0.1, 0.15) is 7.05 Å². The van der Waals surface area contributed by atoms with E-state index in [0.717, 1.165) is 5.56 Å². The summed E-state index contributed by atoms with van der Waals surface area (Å²) in [5.74, 6) is 0.999. The highest BCUT2D eigenvalue weighted by Gasteiger charge is 2.21. The highest BCUT2D eigenvalue weighted by molar-refractivity contribution is 5.96. The summed E-state index contributed by atoms with van der Waals surface area (Å²) in [4.78, 5) is 4.28. The maximum Gasteiger partial charge on any atom is 0.220 e. The van der Waals surface area contributed by atoms with E-state index in [9.17, 15) is 0 Å². The van der Waals surface area contributed by atoms with Crippen LogP contribution in [0.5, 0.6) is 0 Å². The zero-order valence-corrected chi connectivity index (χ0v) is 18.9. The van der Waals surface area contributed by atoms with E-state index in [2.05, 4.69) is 99.9 Å². The quantitative estimate of drug-likeness (QED) is 0.342. The van der Waals surface area contributed by atoms with Crippen molar-refractivity contribution in [2.75, 3.05) is 0 Å². The van der Waals surface area contributed by atoms with Gasteiger partial charge in [-0.25, -0.2) is 4.57 Å². The maximum atomic E-state index is 4.28. The van der Waals surface area contributed by atoms with E-state index in [1.807, 2.05) is 18.5 Å². The molecule has 0 saturated heterocycles. The van der Waals surface area contributed by atoms with Gasteiger partial charge < -0.3 is 0 Å². The molecule has 4 rings (SSSR count). The average Bonchev–Trinajstić information content (AvgIpc) is 2.74. The van der Waals surface area contributed by atoms with Crippen molar-refractivity contribution in [3.8, 4) is 22.4 Å². The first kappa shape index (κ1) is 20.3. The summed E-state index contributed by atoms with van der Waals surface area (Å²) >= 11 is 0. The van der Waals surface area contributed by atoms with Gasteiger partial charge in [-0.2, -0.15) is 0 Å². The summed E-state index contributed by atoms with van der Waals surface area (Å²) in [6.45, 7) is 11.4. The van der Waals surface area contributed by atoms with Gasteiger partial charge in [-0.05, 0) is 70.7 Å². The molecule has 2 heterocycles. The Balaban J connectivity index is 1.98. The second-order valence-electron chi connectivity index (χ2n) is 8.91. The number of rotatable bonds is 4. The van der Waals surface area contributed by atoms with E-state index in [-0.39, 0.29) is 0 Å². The van der Waals surface area contributed by atoms with Crippen LogP contribution in [0, 0.1) is 6.92 Å². The zero-order valence-electron chi connectivity index (χ0n) is 18.9. The molecule has 2 aromatic carbocycles. The van der Waals surface area contributed by atoms with Crippen LogP contribution in [-0.4, -0.2) is 4.98 Å². The van der Waals surface area contributed by atoms with Gasteiger partial charge in [-0.1, -0.05) is 45.9 Å². The molecule has 2 nitrogen and oxygen atoms in total. The SMILES string of the molecule is Cc1c(-c2c3ccc(-c4cccnc4)cc3cc[n+]2C)cc(C(C)C)cc1C(C)C. The van der Waals surface area contributed by atoms with Crippen LogP contribution in [0.1, 0.15) is 56.2 Å². The summed E-state index contributed by atoms with van der Waals surface area (Å²) in [5.41, 5.74) is 9.21. The third-order valence-corrected chi connectivity index (χ3v) is 6.15. The Morgan fingerprint density at radius 2 is 1.67 bits per heavy atom. The average molecular weight is 396 g/mol. The molecule has 0 aliphatic carbocycles. The molecule has 0 bridgehead atoms. The molecule has 0 N–H and O–H groups in total. The molecule has 152 valence electrons. The molecule has 0 saturated carbocycles. The molecule has 2 heteroatoms. The van der Waals surface area contributed by atoms with Crippen LogP contribution in [0.25, 0.3) is 33.2 Å². The fraction of sp³-hybridized carbons (Fsp3) is 0.286. The van der Waals surface area contributed by atoms with Gasteiger partial charge in [0.25, 0.3) is 0 Å². The summed E-state index contributed by atoms with van der Waals surface area (Å²) in [6.07, 6.45) is 5.93. The molecule has 0 aliphatic rings. The van der Waals surface area contributed by atoms with Crippen LogP contribution < -0.4 is 4.57 Å². The molecule has 0 atom stereocenters. The fourth-order valence-electron chi connectivity index (χ4n) is 4.36. The standard InChI is InChI=1S/C28H31N2/c1-18(2)24-15-26(19(3)4)20(5)27(16-24)28-25-10-9-21(23-8-7-12-29-17-23)14-22(25)11-13-30(28)6/h7-19H,1-6H3/q+1. The van der Waals surface area contributed by atoms with E-state index in [0.29, 0.717) is 11.8 Å². The Morgan fingerprint density at radius 1 is 0.867 bits per heavy atom. The van der Waals surface area contributed by atoms with E-state index < -0.39 is 0 Å². The normalized spacial score (nSPS) is 11.6. The predicted molar refractivity (Wildman–Crippen MR) is 127 cm³/mol. The number of pyridine rings is 2. The van der Waals surface area contributed by atoms with E-state index in [1.54, 1.807) is 0 Å². The molecule has 4 aromatic rings. The predicted octanol–water partition coefficient (Wildman–Crippen LogP) is 6.95. The van der Waals surface area contributed by atoms with Crippen LogP contribution in [0.4, 0.5) is 0 Å². The third kappa shape index (κ3) is 3.63. The molecule has 0 spiro atoms. The van der Waals surface area contributed by atoms with Gasteiger partial charge in [-0.3, -0.25) is 4.98 Å². The number of hydrogen-bond acceptors (Lipinski definition) is 1. The first-order valence-corrected chi connectivity index (χ1v) is 10.8. The summed E-state index contributed by atoms with van der Waals surface area (Å²) in [6, 6.07) is 17.9. The number of fused-ring (bicyclic) bond motifs is 1. The van der Waals surface area contributed by atoms with Gasteiger partial charge in [0.05, 0.1) is 10.9 Å². The summed E-state index contributed by atoms with van der Waals surface area (Å²) < 4.78 is 2.27. The topological polar surface area (TPSA) is 16.8 Å². The van der Waals surface area contributed by atoms with Crippen LogP contribution in [-0.2, 0) is 7.05 Å². The van der Waals surface area contributed by atoms with E-state index in [4.69, 9.17) is 0 Å². The maximum absolute atomic E-state index is 4.28. The van der Waals surface area contributed by atoms with E-state index in [1.165, 1.54) is 44.3 Å². The zero-order chi connectivity index (χ0) is 21.4. The van der Waals surface area contributed by atoms with Gasteiger partial charge >= 0.3 is 0 Å². The van der Waals surface area contributed by atoms with Gasteiger partial charge in [-0.15, -0.1) is 0 Å². The summed E-state index contributed by atoms with van der Waals surface area (Å²) in [5, 5.41) is 2.54. The molecule has 0 radical (unpaired) electrons. The molecule has 0 fully saturated rings. The second kappa shape index (κ2) is 8.02. The lowest BCUT2D eigenvalue weighted by Crippen LogP contribution is -2.31. The Labute approximate surface area is 180 Å². The molecular formula is C28H31N2+. The van der Waals surface area contributed by atoms with Crippen LogP contribution in [0.2, 0.25) is 0 Å². The lowest BCUT2D eigenvalue weighted by molar-refractivity contribution is -0.659. The highest BCUT2D eigenvalue weighted by atomic mass is 14.9. The Morgan fingerprint density at radius 3 is 2.33 bits per heavy atom. The number of aryl methyl sites for hydroxylation is 1. The number of hydrogen-bond donors (Lipinski definition) is 0. The molecule has 0 aliphatic heterocycles. The van der Waals surface area contributed by atoms with Gasteiger partial charge in [0.15, 0.2) is 6.20 Å². The first-order chi connectivity index (χ1) is 14.4. The third-order valence-electron chi connectivity index (χ3n) is 6.15. The van der Waals surface area contributed by atoms with Crippen molar-refractivity contribution in [1.29, 1.82) is 0 Å². The minimum atomic E-state index is 0.499. The van der Waals surface area contributed by atoms with Gasteiger partial charge in [0, 0.05) is 24.0 Å². The smallest absolute Gasteiger partial charge is 0.220 e. The minimum absolute atomic E-state index is 0.499. The Kier molecular flexibility index (Phi) is 5.42. The Hall–Kier alpha value is -3.00. The highest BCUT2D eigenvalue weighted by Crippen LogP contribution is 2.36. The van der Waals surface area contributed by atoms with Crippen LogP contribution in [0.15, 0.2) is 67.1 Å². The van der Waals surface area contributed by atoms with Crippen molar-refractivity contribution in [3.05, 3.63) is 83.8 Å². The van der Waals surface area contributed by atoms with Crippen molar-refractivity contribution >= 4 is 10.8 Å².